The van der Waals surface area contributed by atoms with Crippen LogP contribution in [-0.4, -0.2) is 272 Å². The lowest BCUT2D eigenvalue weighted by atomic mass is 10.0. The summed E-state index contributed by atoms with van der Waals surface area (Å²) in [6.07, 6.45) is 1.62. The number of amides is 5. The highest BCUT2D eigenvalue weighted by molar-refractivity contribution is 6.25. The van der Waals surface area contributed by atoms with E-state index in [-0.39, 0.29) is 41.1 Å². The van der Waals surface area contributed by atoms with Crippen molar-refractivity contribution in [3.05, 3.63) is 94.0 Å². The SMILES string of the molecule is Cn1nc(-c2nc3cc(NC(=O)c4ccc(OCCOCCOCCOCCOCCOCCOCCOCCOCCOCCOCCOCCOCCOCCOCCOCCNc5cccc6c5C(=O)N(C5CCC(=O)NC5=O)C6=O)cn4)ccc3o2)ccc1=O. The van der Waals surface area contributed by atoms with E-state index in [2.05, 4.69) is 31.0 Å². The summed E-state index contributed by atoms with van der Waals surface area (Å²) in [7, 11) is 1.54. The van der Waals surface area contributed by atoms with E-state index in [0.29, 0.717) is 245 Å². The number of aromatic nitrogens is 4. The zero-order valence-corrected chi connectivity index (χ0v) is 53.1. The molecule has 0 saturated carbocycles. The van der Waals surface area contributed by atoms with E-state index < -0.39 is 35.6 Å². The predicted molar refractivity (Wildman–Crippen MR) is 334 cm³/mol. The summed E-state index contributed by atoms with van der Waals surface area (Å²) in [5.41, 5.74) is 2.75. The van der Waals surface area contributed by atoms with E-state index in [1.165, 1.54) is 23.0 Å². The van der Waals surface area contributed by atoms with Gasteiger partial charge in [-0.15, -0.1) is 0 Å². The van der Waals surface area contributed by atoms with Crippen LogP contribution in [0.25, 0.3) is 22.7 Å². The minimum Gasteiger partial charge on any atom is -0.490 e. The summed E-state index contributed by atoms with van der Waals surface area (Å²) < 4.78 is 95.8. The van der Waals surface area contributed by atoms with Crippen molar-refractivity contribution in [2.45, 2.75) is 18.9 Å². The number of ether oxygens (including phenoxy) is 16. The van der Waals surface area contributed by atoms with E-state index in [0.717, 1.165) is 4.90 Å². The second-order valence-corrected chi connectivity index (χ2v) is 20.4. The van der Waals surface area contributed by atoms with Crippen molar-refractivity contribution in [2.24, 2.45) is 7.05 Å². The number of carbonyl (C=O) groups is 5. The molecule has 0 aliphatic carbocycles. The molecule has 0 radical (unpaired) electrons. The average molecular weight is 1320 g/mol. The summed E-state index contributed by atoms with van der Waals surface area (Å²) >= 11 is 0. The normalized spacial score (nSPS) is 13.9. The van der Waals surface area contributed by atoms with Gasteiger partial charge < -0.3 is 90.8 Å². The first-order valence-electron chi connectivity index (χ1n) is 31.3. The summed E-state index contributed by atoms with van der Waals surface area (Å²) in [5, 5.41) is 12.3. The van der Waals surface area contributed by atoms with E-state index in [9.17, 15) is 28.8 Å². The van der Waals surface area contributed by atoms with E-state index in [1.54, 1.807) is 55.6 Å². The molecular formula is C63H86N8O23. The van der Waals surface area contributed by atoms with Crippen molar-refractivity contribution >= 4 is 52.0 Å². The molecule has 0 spiro atoms. The van der Waals surface area contributed by atoms with Crippen molar-refractivity contribution in [1.29, 1.82) is 0 Å². The lowest BCUT2D eigenvalue weighted by molar-refractivity contribution is -0.136. The number of hydrogen-bond donors (Lipinski definition) is 3. The van der Waals surface area contributed by atoms with Crippen LogP contribution in [0.1, 0.15) is 44.0 Å². The smallest absolute Gasteiger partial charge is 0.274 e. The number of fused-ring (bicyclic) bond motifs is 2. The molecular weight excluding hydrogens is 1240 g/mol. The topological polar surface area (TPSA) is 346 Å². The van der Waals surface area contributed by atoms with Gasteiger partial charge in [0.05, 0.1) is 216 Å². The first-order chi connectivity index (χ1) is 46.2. The zero-order valence-electron chi connectivity index (χ0n) is 53.1. The first-order valence-corrected chi connectivity index (χ1v) is 31.3. The molecule has 3 N–H and O–H groups in total. The molecule has 516 valence electrons. The highest BCUT2D eigenvalue weighted by Crippen LogP contribution is 2.32. The number of pyridine rings is 1. The van der Waals surface area contributed by atoms with Gasteiger partial charge in [0.1, 0.15) is 35.3 Å². The molecule has 1 unspecified atom stereocenters. The molecule has 31 nitrogen and oxygen atoms in total. The molecule has 5 aromatic rings. The molecule has 2 aliphatic rings. The van der Waals surface area contributed by atoms with Crippen LogP contribution in [0.2, 0.25) is 0 Å². The maximum Gasteiger partial charge on any atom is 0.274 e. The maximum absolute atomic E-state index is 13.2. The van der Waals surface area contributed by atoms with Gasteiger partial charge in [-0.05, 0) is 55.0 Å². The van der Waals surface area contributed by atoms with Crippen molar-refractivity contribution < 1.29 is 104 Å². The number of carbonyl (C=O) groups excluding carboxylic acids is 5. The van der Waals surface area contributed by atoms with Crippen LogP contribution in [0.4, 0.5) is 11.4 Å². The number of nitrogens with zero attached hydrogens (tertiary/aromatic N) is 5. The lowest BCUT2D eigenvalue weighted by Gasteiger charge is -2.27. The molecule has 1 fully saturated rings. The van der Waals surface area contributed by atoms with Gasteiger partial charge in [-0.25, -0.2) is 14.6 Å². The van der Waals surface area contributed by atoms with E-state index >= 15 is 0 Å². The summed E-state index contributed by atoms with van der Waals surface area (Å²) in [6, 6.07) is 15.1. The minimum atomic E-state index is -1.02. The Morgan fingerprint density at radius 2 is 1.03 bits per heavy atom. The summed E-state index contributed by atoms with van der Waals surface area (Å²) in [5.74, 6) is -1.86. The molecule has 1 saturated heterocycles. The highest BCUT2D eigenvalue weighted by atomic mass is 16.6. The van der Waals surface area contributed by atoms with Crippen LogP contribution in [0.5, 0.6) is 5.75 Å². The molecule has 2 aromatic carbocycles. The van der Waals surface area contributed by atoms with Crippen LogP contribution in [0, 0.1) is 0 Å². The summed E-state index contributed by atoms with van der Waals surface area (Å²) in [6.45, 7) is 13.5. The number of rotatable bonds is 54. The Hall–Kier alpha value is -7.31. The Labute approximate surface area is 543 Å². The van der Waals surface area contributed by atoms with E-state index in [1.807, 2.05) is 0 Å². The molecule has 2 aliphatic heterocycles. The minimum absolute atomic E-state index is 0.0561. The van der Waals surface area contributed by atoms with Crippen molar-refractivity contribution in [3.63, 3.8) is 0 Å². The Morgan fingerprint density at radius 1 is 0.553 bits per heavy atom. The van der Waals surface area contributed by atoms with Crippen LogP contribution >= 0.6 is 0 Å². The van der Waals surface area contributed by atoms with Crippen molar-refractivity contribution in [2.75, 3.05) is 222 Å². The Balaban J connectivity index is 0.515. The Bertz CT molecular complexity index is 3100. The third-order valence-corrected chi connectivity index (χ3v) is 13.5. The van der Waals surface area contributed by atoms with Gasteiger partial charge in [-0.2, -0.15) is 5.10 Å². The molecule has 5 amide bonds. The Kier molecular flexibility index (Phi) is 35.0. The second kappa shape index (κ2) is 44.4. The molecule has 0 bridgehead atoms. The zero-order chi connectivity index (χ0) is 66.1. The second-order valence-electron chi connectivity index (χ2n) is 20.4. The number of piperidine rings is 1. The summed E-state index contributed by atoms with van der Waals surface area (Å²) in [4.78, 5) is 84.3. The predicted octanol–water partition coefficient (Wildman–Crippen LogP) is 2.38. The van der Waals surface area contributed by atoms with Crippen LogP contribution in [-0.2, 0) is 87.7 Å². The van der Waals surface area contributed by atoms with Gasteiger partial charge in [-0.3, -0.25) is 39.0 Å². The standard InChI is InChI=1S/C63H86N8O23/c1-70-57(73)12-8-52(69-70)61-67-53-45-47(5-10-55(53)94-61)66-59(74)51-7-6-48(46-65-51)93-44-43-92-42-41-91-40-39-90-38-37-89-36-35-88-34-33-87-32-31-86-30-29-85-28-27-84-26-25-83-24-23-82-22-21-81-20-19-80-18-17-79-16-15-78-14-13-64-50-4-2-3-49-58(50)63(77)71(62(49)76)54-9-11-56(72)68-60(54)75/h2-8,10,12,45-46,54,64H,9,11,13-44H2,1H3,(H,66,74)(H,68,72,75). The fourth-order valence-electron chi connectivity index (χ4n) is 8.85. The van der Waals surface area contributed by atoms with Crippen LogP contribution < -0.4 is 26.2 Å². The number of imide groups is 2. The van der Waals surface area contributed by atoms with Crippen molar-refractivity contribution in [3.8, 4) is 17.3 Å². The number of aryl methyl sites for hydroxylation is 1. The lowest BCUT2D eigenvalue weighted by Crippen LogP contribution is -2.54. The first kappa shape index (κ1) is 74.1. The Morgan fingerprint density at radius 3 is 1.49 bits per heavy atom. The van der Waals surface area contributed by atoms with Gasteiger partial charge in [0.2, 0.25) is 17.7 Å². The highest BCUT2D eigenvalue weighted by Gasteiger charge is 2.45. The van der Waals surface area contributed by atoms with Crippen LogP contribution in [0.3, 0.4) is 0 Å². The number of hydrogen-bond acceptors (Lipinski definition) is 27. The largest absolute Gasteiger partial charge is 0.490 e. The number of nitrogens with one attached hydrogen (secondary N) is 3. The molecule has 1 atom stereocenters. The number of benzene rings is 2. The third-order valence-electron chi connectivity index (χ3n) is 13.5. The quantitative estimate of drug-likeness (QED) is 0.0371. The van der Waals surface area contributed by atoms with Gasteiger partial charge in [0, 0.05) is 37.5 Å². The molecule has 5 heterocycles. The molecule has 31 heteroatoms. The van der Waals surface area contributed by atoms with Gasteiger partial charge in [0.15, 0.2) is 5.58 Å². The monoisotopic (exact) mass is 1320 g/mol. The number of anilines is 2. The maximum atomic E-state index is 13.2. The van der Waals surface area contributed by atoms with Crippen LogP contribution in [0.15, 0.2) is 76.1 Å². The molecule has 3 aromatic heterocycles. The van der Waals surface area contributed by atoms with E-state index in [4.69, 9.17) is 80.2 Å². The molecule has 94 heavy (non-hydrogen) atoms. The number of oxazole rings is 1. The van der Waals surface area contributed by atoms with Gasteiger partial charge in [-0.1, -0.05) is 6.07 Å². The fourth-order valence-corrected chi connectivity index (χ4v) is 8.85. The molecule has 7 rings (SSSR count). The van der Waals surface area contributed by atoms with Gasteiger partial charge in [0.25, 0.3) is 23.3 Å². The average Bonchev–Trinajstić information content (AvgIpc) is 1.61. The third kappa shape index (κ3) is 27.2. The van der Waals surface area contributed by atoms with Gasteiger partial charge >= 0.3 is 0 Å². The van der Waals surface area contributed by atoms with Crippen molar-refractivity contribution in [1.82, 2.24) is 30.0 Å². The fraction of sp³-hybridized carbons (Fsp3) is 0.571.